The zero-order valence-corrected chi connectivity index (χ0v) is 8.18. The first-order valence-electron chi connectivity index (χ1n) is 4.19. The molecule has 78 valence electrons. The van der Waals surface area contributed by atoms with E-state index in [-0.39, 0.29) is 10.6 Å². The minimum absolute atomic E-state index is 0.0643. The van der Waals surface area contributed by atoms with Gasteiger partial charge in [-0.05, 0) is 12.1 Å². The Hall–Kier alpha value is -1.42. The lowest BCUT2D eigenvalue weighted by atomic mass is 10.1. The number of carbonyl (C=O) groups excluding carboxylic acids is 1. The molecule has 1 aromatic heterocycles. The number of benzene rings is 1. The third kappa shape index (κ3) is 1.61. The Kier molecular flexibility index (Phi) is 2.44. The van der Waals surface area contributed by atoms with Crippen molar-refractivity contribution in [1.29, 1.82) is 0 Å². The van der Waals surface area contributed by atoms with Gasteiger partial charge < -0.3 is 4.98 Å². The molecule has 0 amide bonds. The molecule has 2 rings (SSSR count). The maximum atomic E-state index is 12.2. The first-order valence-corrected chi connectivity index (χ1v) is 4.57. The molecule has 1 N–H and O–H groups in total. The van der Waals surface area contributed by atoms with Gasteiger partial charge in [-0.25, -0.2) is 8.78 Å². The number of aromatic amines is 1. The highest BCUT2D eigenvalue weighted by atomic mass is 35.5. The van der Waals surface area contributed by atoms with E-state index in [0.717, 1.165) is 0 Å². The van der Waals surface area contributed by atoms with Crippen molar-refractivity contribution < 1.29 is 13.6 Å². The number of hydrogen-bond acceptors (Lipinski definition) is 1. The van der Waals surface area contributed by atoms with Crippen molar-refractivity contribution in [1.82, 2.24) is 4.98 Å². The van der Waals surface area contributed by atoms with Crippen LogP contribution in [-0.4, -0.2) is 17.2 Å². The standard InChI is InChI=1S/C10H6ClF2NO/c11-6-2-1-3-7-8(6)5(4-14-7)9(15)10(12)13/h1-4,10,14H. The Morgan fingerprint density at radius 3 is 2.80 bits per heavy atom. The second-order valence-electron chi connectivity index (χ2n) is 3.03. The van der Waals surface area contributed by atoms with Crippen molar-refractivity contribution >= 4 is 28.3 Å². The lowest BCUT2D eigenvalue weighted by molar-refractivity contribution is 0.0680. The highest BCUT2D eigenvalue weighted by molar-refractivity contribution is 6.37. The molecule has 0 bridgehead atoms. The van der Waals surface area contributed by atoms with Crippen LogP contribution in [-0.2, 0) is 0 Å². The first kappa shape index (κ1) is 10.1. The fourth-order valence-electron chi connectivity index (χ4n) is 1.45. The maximum absolute atomic E-state index is 12.2. The molecule has 0 aliphatic rings. The van der Waals surface area contributed by atoms with Crippen LogP contribution in [0.4, 0.5) is 8.78 Å². The van der Waals surface area contributed by atoms with E-state index in [2.05, 4.69) is 4.98 Å². The molecule has 1 aromatic carbocycles. The number of aromatic nitrogens is 1. The van der Waals surface area contributed by atoms with E-state index in [1.807, 2.05) is 0 Å². The molecule has 0 unspecified atom stereocenters. The van der Waals surface area contributed by atoms with E-state index in [0.29, 0.717) is 10.9 Å². The van der Waals surface area contributed by atoms with E-state index in [4.69, 9.17) is 11.6 Å². The predicted octanol–water partition coefficient (Wildman–Crippen LogP) is 3.27. The van der Waals surface area contributed by atoms with Crippen LogP contribution in [0.1, 0.15) is 10.4 Å². The van der Waals surface area contributed by atoms with Gasteiger partial charge in [-0.3, -0.25) is 4.79 Å². The summed E-state index contributed by atoms with van der Waals surface area (Å²) in [4.78, 5) is 13.9. The lowest BCUT2D eigenvalue weighted by Gasteiger charge is -1.98. The summed E-state index contributed by atoms with van der Waals surface area (Å²) in [6, 6.07) is 4.90. The van der Waals surface area contributed by atoms with E-state index in [1.54, 1.807) is 18.2 Å². The van der Waals surface area contributed by atoms with Gasteiger partial charge >= 0.3 is 6.43 Å². The zero-order valence-electron chi connectivity index (χ0n) is 7.43. The molecule has 0 aliphatic heterocycles. The van der Waals surface area contributed by atoms with E-state index in [9.17, 15) is 13.6 Å². The Labute approximate surface area is 88.8 Å². The van der Waals surface area contributed by atoms with Crippen molar-refractivity contribution in [2.75, 3.05) is 0 Å². The number of hydrogen-bond donors (Lipinski definition) is 1. The SMILES string of the molecule is O=C(c1c[nH]c2cccc(Cl)c12)C(F)F. The van der Waals surface area contributed by atoms with Gasteiger partial charge in [0.15, 0.2) is 0 Å². The van der Waals surface area contributed by atoms with Crippen LogP contribution in [0.3, 0.4) is 0 Å². The largest absolute Gasteiger partial charge is 0.360 e. The highest BCUT2D eigenvalue weighted by Gasteiger charge is 2.22. The molecule has 0 saturated carbocycles. The molecule has 0 fully saturated rings. The lowest BCUT2D eigenvalue weighted by Crippen LogP contribution is -2.09. The maximum Gasteiger partial charge on any atom is 0.300 e. The fourth-order valence-corrected chi connectivity index (χ4v) is 1.73. The number of rotatable bonds is 2. The summed E-state index contributed by atoms with van der Waals surface area (Å²) >= 11 is 5.84. The number of halogens is 3. The second kappa shape index (κ2) is 3.62. The molecule has 15 heavy (non-hydrogen) atoms. The highest BCUT2D eigenvalue weighted by Crippen LogP contribution is 2.27. The predicted molar refractivity (Wildman–Crippen MR) is 53.6 cm³/mol. The van der Waals surface area contributed by atoms with Gasteiger partial charge in [0.25, 0.3) is 0 Å². The Bertz CT molecular complexity index is 521. The number of alkyl halides is 2. The second-order valence-corrected chi connectivity index (χ2v) is 3.44. The number of ketones is 1. The summed E-state index contributed by atoms with van der Waals surface area (Å²) in [5.74, 6) is -1.21. The Morgan fingerprint density at radius 1 is 1.40 bits per heavy atom. The molecule has 0 radical (unpaired) electrons. The smallest absolute Gasteiger partial charge is 0.300 e. The van der Waals surface area contributed by atoms with Crippen LogP contribution in [0.15, 0.2) is 24.4 Å². The average Bonchev–Trinajstić information content (AvgIpc) is 2.61. The Balaban J connectivity index is 2.67. The number of fused-ring (bicyclic) bond motifs is 1. The quantitative estimate of drug-likeness (QED) is 0.788. The number of Topliss-reactive ketones (excluding diaryl/α,β-unsaturated/α-hetero) is 1. The molecule has 1 heterocycles. The van der Waals surface area contributed by atoms with Crippen LogP contribution in [0.25, 0.3) is 10.9 Å². The number of H-pyrrole nitrogens is 1. The monoisotopic (exact) mass is 229 g/mol. The molecule has 2 nitrogen and oxygen atoms in total. The summed E-state index contributed by atoms with van der Waals surface area (Å²) in [7, 11) is 0. The van der Waals surface area contributed by atoms with Gasteiger partial charge in [0.2, 0.25) is 5.78 Å². The zero-order chi connectivity index (χ0) is 11.0. The van der Waals surface area contributed by atoms with Gasteiger partial charge in [0, 0.05) is 17.1 Å². The normalized spacial score (nSPS) is 11.2. The molecular weight excluding hydrogens is 224 g/mol. The molecule has 0 spiro atoms. The summed E-state index contributed by atoms with van der Waals surface area (Å²) < 4.78 is 24.5. The average molecular weight is 230 g/mol. The van der Waals surface area contributed by atoms with Crippen LogP contribution in [0.2, 0.25) is 5.02 Å². The van der Waals surface area contributed by atoms with Crippen molar-refractivity contribution in [2.24, 2.45) is 0 Å². The molecule has 2 aromatic rings. The Morgan fingerprint density at radius 2 is 2.13 bits per heavy atom. The van der Waals surface area contributed by atoms with Gasteiger partial charge in [-0.15, -0.1) is 0 Å². The van der Waals surface area contributed by atoms with Crippen LogP contribution < -0.4 is 0 Å². The van der Waals surface area contributed by atoms with Crippen molar-refractivity contribution in [3.8, 4) is 0 Å². The van der Waals surface area contributed by atoms with Gasteiger partial charge in [0.05, 0.1) is 10.6 Å². The van der Waals surface area contributed by atoms with E-state index < -0.39 is 12.2 Å². The van der Waals surface area contributed by atoms with E-state index in [1.165, 1.54) is 6.20 Å². The van der Waals surface area contributed by atoms with E-state index >= 15 is 0 Å². The summed E-state index contributed by atoms with van der Waals surface area (Å²) in [5.41, 5.74) is 0.511. The minimum Gasteiger partial charge on any atom is -0.360 e. The summed E-state index contributed by atoms with van der Waals surface area (Å²) in [6.07, 6.45) is -1.76. The van der Waals surface area contributed by atoms with Crippen molar-refractivity contribution in [3.63, 3.8) is 0 Å². The van der Waals surface area contributed by atoms with Crippen molar-refractivity contribution in [2.45, 2.75) is 6.43 Å². The van der Waals surface area contributed by atoms with Gasteiger partial charge in [0.1, 0.15) is 0 Å². The van der Waals surface area contributed by atoms with Crippen LogP contribution in [0.5, 0.6) is 0 Å². The topological polar surface area (TPSA) is 32.9 Å². The molecule has 0 saturated heterocycles. The molecule has 5 heteroatoms. The number of carbonyl (C=O) groups is 1. The fraction of sp³-hybridized carbons (Fsp3) is 0.100. The summed E-state index contributed by atoms with van der Waals surface area (Å²) in [6.45, 7) is 0. The minimum atomic E-state index is -3.01. The van der Waals surface area contributed by atoms with Gasteiger partial charge in [-0.2, -0.15) is 0 Å². The van der Waals surface area contributed by atoms with Crippen LogP contribution >= 0.6 is 11.6 Å². The third-order valence-corrected chi connectivity index (χ3v) is 2.43. The summed E-state index contributed by atoms with van der Waals surface area (Å²) in [5, 5.41) is 0.641. The van der Waals surface area contributed by atoms with Crippen molar-refractivity contribution in [3.05, 3.63) is 35.0 Å². The number of nitrogens with one attached hydrogen (secondary N) is 1. The van der Waals surface area contributed by atoms with Crippen LogP contribution in [0, 0.1) is 0 Å². The molecular formula is C10H6ClF2NO. The first-order chi connectivity index (χ1) is 7.11. The molecule has 0 aliphatic carbocycles. The van der Waals surface area contributed by atoms with Gasteiger partial charge in [-0.1, -0.05) is 17.7 Å². The molecule has 0 atom stereocenters. The third-order valence-electron chi connectivity index (χ3n) is 2.12.